The van der Waals surface area contributed by atoms with Crippen LogP contribution in [0, 0.1) is 5.92 Å². The third-order valence-corrected chi connectivity index (χ3v) is 7.31. The van der Waals surface area contributed by atoms with Gasteiger partial charge in [0.15, 0.2) is 11.5 Å². The maximum atomic E-state index is 12.9. The molecule has 28 heavy (non-hydrogen) atoms. The molecule has 148 valence electrons. The van der Waals surface area contributed by atoms with Crippen molar-refractivity contribution in [2.45, 2.75) is 36.6 Å². The zero-order valence-corrected chi connectivity index (χ0v) is 17.1. The van der Waals surface area contributed by atoms with Crippen molar-refractivity contribution >= 4 is 10.0 Å². The van der Waals surface area contributed by atoms with Gasteiger partial charge in [-0.15, -0.1) is 0 Å². The molecule has 0 radical (unpaired) electrons. The number of rotatable bonds is 5. The summed E-state index contributed by atoms with van der Waals surface area (Å²) in [6, 6.07) is 12.3. The van der Waals surface area contributed by atoms with Crippen LogP contribution in [0.1, 0.15) is 30.4 Å². The van der Waals surface area contributed by atoms with Crippen molar-refractivity contribution < 1.29 is 17.9 Å². The van der Waals surface area contributed by atoms with E-state index < -0.39 is 10.0 Å². The fraction of sp³-hybridized carbons (Fsp3) is 0.364. The molecule has 2 aromatic rings. The number of methoxy groups -OCH3 is 2. The SMILES string of the molecule is COc1ccc2c(c1OC)[C@H]1C=C(C)C[C@H]1[C@H](NS(=O)(=O)c1ccccc1)C2. The molecule has 2 aliphatic rings. The fourth-order valence-electron chi connectivity index (χ4n) is 4.61. The van der Waals surface area contributed by atoms with Crippen molar-refractivity contribution in [3.63, 3.8) is 0 Å². The smallest absolute Gasteiger partial charge is 0.240 e. The lowest BCUT2D eigenvalue weighted by molar-refractivity contribution is 0.321. The van der Waals surface area contributed by atoms with Crippen LogP contribution in [0.3, 0.4) is 0 Å². The molecule has 0 fully saturated rings. The van der Waals surface area contributed by atoms with E-state index in [0.717, 1.165) is 23.3 Å². The van der Waals surface area contributed by atoms with Crippen LogP contribution in [-0.2, 0) is 16.4 Å². The normalized spacial score (nSPS) is 23.5. The van der Waals surface area contributed by atoms with Crippen LogP contribution in [0.2, 0.25) is 0 Å². The van der Waals surface area contributed by atoms with Crippen LogP contribution in [-0.4, -0.2) is 28.7 Å². The third-order valence-electron chi connectivity index (χ3n) is 5.81. The van der Waals surface area contributed by atoms with E-state index in [0.29, 0.717) is 17.1 Å². The van der Waals surface area contributed by atoms with E-state index in [1.165, 1.54) is 5.57 Å². The maximum absolute atomic E-state index is 12.9. The van der Waals surface area contributed by atoms with E-state index in [9.17, 15) is 8.42 Å². The van der Waals surface area contributed by atoms with E-state index >= 15 is 0 Å². The van der Waals surface area contributed by atoms with Crippen LogP contribution >= 0.6 is 0 Å². The van der Waals surface area contributed by atoms with Crippen LogP contribution in [0.5, 0.6) is 11.5 Å². The Morgan fingerprint density at radius 1 is 1.00 bits per heavy atom. The molecule has 0 heterocycles. The molecule has 0 aliphatic heterocycles. The van der Waals surface area contributed by atoms with Crippen molar-refractivity contribution in [2.75, 3.05) is 14.2 Å². The minimum absolute atomic E-state index is 0.109. The number of fused-ring (bicyclic) bond motifs is 3. The quantitative estimate of drug-likeness (QED) is 0.780. The van der Waals surface area contributed by atoms with Gasteiger partial charge in [-0.3, -0.25) is 0 Å². The standard InChI is InChI=1S/C22H25NO4S/c1-14-11-17-18(12-14)21-15(9-10-20(26-2)22(21)27-3)13-19(17)23-28(24,25)16-7-5-4-6-8-16/h4-10,12,17-19,23H,11,13H2,1-3H3/t17-,18+,19-/m1/s1. The summed E-state index contributed by atoms with van der Waals surface area (Å²) in [5.41, 5.74) is 3.50. The van der Waals surface area contributed by atoms with E-state index in [-0.39, 0.29) is 17.9 Å². The van der Waals surface area contributed by atoms with Gasteiger partial charge in [-0.05, 0) is 49.4 Å². The predicted octanol–water partition coefficient (Wildman–Crippen LogP) is 3.66. The Labute approximate surface area is 166 Å². The molecule has 1 N–H and O–H groups in total. The number of hydrogen-bond acceptors (Lipinski definition) is 4. The van der Waals surface area contributed by atoms with E-state index in [4.69, 9.17) is 9.47 Å². The summed E-state index contributed by atoms with van der Waals surface area (Å²) in [6.07, 6.45) is 3.74. The Bertz CT molecular complexity index is 1010. The molecule has 0 aromatic heterocycles. The second-order valence-electron chi connectivity index (χ2n) is 7.53. The largest absolute Gasteiger partial charge is 0.493 e. The average molecular weight is 400 g/mol. The van der Waals surface area contributed by atoms with E-state index in [1.807, 2.05) is 18.2 Å². The second kappa shape index (κ2) is 7.26. The number of allylic oxidation sites excluding steroid dienone is 2. The Morgan fingerprint density at radius 3 is 2.43 bits per heavy atom. The van der Waals surface area contributed by atoms with Gasteiger partial charge < -0.3 is 9.47 Å². The Kier molecular flexibility index (Phi) is 4.93. The molecular weight excluding hydrogens is 374 g/mol. The van der Waals surface area contributed by atoms with Crippen LogP contribution in [0.25, 0.3) is 0 Å². The lowest BCUT2D eigenvalue weighted by atomic mass is 9.73. The molecule has 4 rings (SSSR count). The lowest BCUT2D eigenvalue weighted by Crippen LogP contribution is -2.45. The summed E-state index contributed by atoms with van der Waals surface area (Å²) in [4.78, 5) is 0.298. The summed E-state index contributed by atoms with van der Waals surface area (Å²) in [7, 11) is -0.285. The lowest BCUT2D eigenvalue weighted by Gasteiger charge is -2.37. The highest BCUT2D eigenvalue weighted by atomic mass is 32.2. The van der Waals surface area contributed by atoms with Gasteiger partial charge >= 0.3 is 0 Å². The molecule has 5 nitrogen and oxygen atoms in total. The molecule has 0 amide bonds. The Hall–Kier alpha value is -2.31. The molecule has 0 saturated carbocycles. The van der Waals surface area contributed by atoms with E-state index in [1.54, 1.807) is 38.5 Å². The Balaban J connectivity index is 1.74. The second-order valence-corrected chi connectivity index (χ2v) is 9.24. The summed E-state index contributed by atoms with van der Waals surface area (Å²) in [5.74, 6) is 1.73. The summed E-state index contributed by atoms with van der Waals surface area (Å²) < 4.78 is 40.0. The van der Waals surface area contributed by atoms with Crippen molar-refractivity contribution in [2.24, 2.45) is 5.92 Å². The summed E-state index contributed by atoms with van der Waals surface area (Å²) in [6.45, 7) is 2.10. The number of benzene rings is 2. The zero-order valence-electron chi connectivity index (χ0n) is 16.3. The maximum Gasteiger partial charge on any atom is 0.240 e. The number of ether oxygens (including phenoxy) is 2. The van der Waals surface area contributed by atoms with Gasteiger partial charge in [0.25, 0.3) is 0 Å². The van der Waals surface area contributed by atoms with Crippen molar-refractivity contribution in [1.29, 1.82) is 0 Å². The number of hydrogen-bond donors (Lipinski definition) is 1. The highest BCUT2D eigenvalue weighted by Crippen LogP contribution is 2.51. The highest BCUT2D eigenvalue weighted by molar-refractivity contribution is 7.89. The van der Waals surface area contributed by atoms with Gasteiger partial charge in [-0.2, -0.15) is 0 Å². The van der Waals surface area contributed by atoms with Gasteiger partial charge in [-0.1, -0.05) is 35.9 Å². The first-order chi connectivity index (χ1) is 13.4. The fourth-order valence-corrected chi connectivity index (χ4v) is 5.91. The highest BCUT2D eigenvalue weighted by Gasteiger charge is 2.42. The van der Waals surface area contributed by atoms with Crippen LogP contribution in [0.4, 0.5) is 0 Å². The monoisotopic (exact) mass is 399 g/mol. The molecule has 0 spiro atoms. The minimum atomic E-state index is -3.58. The summed E-state index contributed by atoms with van der Waals surface area (Å²) >= 11 is 0. The Morgan fingerprint density at radius 2 is 1.75 bits per heavy atom. The van der Waals surface area contributed by atoms with Crippen LogP contribution in [0.15, 0.2) is 59.0 Å². The average Bonchev–Trinajstić information content (AvgIpc) is 3.09. The molecular formula is C22H25NO4S. The zero-order chi connectivity index (χ0) is 19.9. The van der Waals surface area contributed by atoms with Crippen molar-refractivity contribution in [3.8, 4) is 11.5 Å². The molecule has 2 aliphatic carbocycles. The van der Waals surface area contributed by atoms with Gasteiger partial charge in [0.1, 0.15) is 0 Å². The van der Waals surface area contributed by atoms with E-state index in [2.05, 4.69) is 17.7 Å². The molecule has 6 heteroatoms. The van der Waals surface area contributed by atoms with Crippen LogP contribution < -0.4 is 14.2 Å². The van der Waals surface area contributed by atoms with Crippen molar-refractivity contribution in [1.82, 2.24) is 4.72 Å². The molecule has 0 unspecified atom stereocenters. The van der Waals surface area contributed by atoms with Crippen molar-refractivity contribution in [3.05, 3.63) is 65.2 Å². The topological polar surface area (TPSA) is 64.6 Å². The van der Waals surface area contributed by atoms with Gasteiger partial charge in [0.2, 0.25) is 10.0 Å². The molecule has 2 aromatic carbocycles. The molecule has 0 bridgehead atoms. The van der Waals surface area contributed by atoms with Gasteiger partial charge in [0, 0.05) is 17.5 Å². The predicted molar refractivity (Wildman–Crippen MR) is 108 cm³/mol. The molecule has 0 saturated heterocycles. The van der Waals surface area contributed by atoms with Gasteiger partial charge in [-0.25, -0.2) is 13.1 Å². The number of sulfonamides is 1. The first kappa shape index (κ1) is 19.0. The first-order valence-electron chi connectivity index (χ1n) is 9.43. The number of nitrogens with one attached hydrogen (secondary N) is 1. The molecule has 3 atom stereocenters. The summed E-state index contributed by atoms with van der Waals surface area (Å²) in [5, 5.41) is 0. The van der Waals surface area contributed by atoms with Gasteiger partial charge in [0.05, 0.1) is 19.1 Å². The third kappa shape index (κ3) is 3.20. The minimum Gasteiger partial charge on any atom is -0.493 e. The first-order valence-corrected chi connectivity index (χ1v) is 10.9.